The third-order valence-corrected chi connectivity index (χ3v) is 6.79. The van der Waals surface area contributed by atoms with Crippen molar-refractivity contribution in [2.45, 2.75) is 51.0 Å². The number of rotatable bonds is 5. The number of carbonyl (C=O) groups is 1. The van der Waals surface area contributed by atoms with Gasteiger partial charge in [-0.25, -0.2) is 4.98 Å². The average Bonchev–Trinajstić information content (AvgIpc) is 2.79. The first-order valence-corrected chi connectivity index (χ1v) is 11.9. The molecule has 4 rings (SSSR count). The number of amides is 1. The predicted molar refractivity (Wildman–Crippen MR) is 129 cm³/mol. The lowest BCUT2D eigenvalue weighted by molar-refractivity contribution is -0.136. The van der Waals surface area contributed by atoms with E-state index in [1.807, 2.05) is 65.6 Å². The van der Waals surface area contributed by atoms with Gasteiger partial charge in [0.2, 0.25) is 5.91 Å². The first-order chi connectivity index (χ1) is 15.3. The predicted octanol–water partition coefficient (Wildman–Crippen LogP) is 4.49. The fourth-order valence-corrected chi connectivity index (χ4v) is 4.90. The zero-order valence-corrected chi connectivity index (χ0v) is 19.6. The molecule has 166 valence electrons. The molecule has 32 heavy (non-hydrogen) atoms. The largest absolute Gasteiger partial charge is 0.334 e. The summed E-state index contributed by atoms with van der Waals surface area (Å²) in [6, 6.07) is 21.7. The van der Waals surface area contributed by atoms with Gasteiger partial charge in [-0.05, 0) is 11.1 Å². The van der Waals surface area contributed by atoms with E-state index in [9.17, 15) is 9.59 Å². The summed E-state index contributed by atoms with van der Waals surface area (Å²) in [6.45, 7) is 7.61. The highest BCUT2D eigenvalue weighted by molar-refractivity contribution is 7.99. The molecule has 0 bridgehead atoms. The summed E-state index contributed by atoms with van der Waals surface area (Å²) >= 11 is 1.50. The third-order valence-electron chi connectivity index (χ3n) is 5.65. The van der Waals surface area contributed by atoms with Gasteiger partial charge in [0.15, 0.2) is 5.16 Å². The Kier molecular flexibility index (Phi) is 6.51. The van der Waals surface area contributed by atoms with E-state index in [1.54, 1.807) is 10.6 Å². The van der Waals surface area contributed by atoms with Gasteiger partial charge in [-0.15, -0.1) is 0 Å². The van der Waals surface area contributed by atoms with E-state index in [0.717, 1.165) is 16.8 Å². The van der Waals surface area contributed by atoms with Crippen LogP contribution in [0.4, 0.5) is 0 Å². The molecular formula is C26H29N3O2S. The average molecular weight is 448 g/mol. The van der Waals surface area contributed by atoms with Crippen LogP contribution in [0.25, 0.3) is 0 Å². The first kappa shape index (κ1) is 22.3. The monoisotopic (exact) mass is 447 g/mol. The minimum absolute atomic E-state index is 0.0719. The highest BCUT2D eigenvalue weighted by Gasteiger charge is 2.31. The van der Waals surface area contributed by atoms with Gasteiger partial charge in [-0.1, -0.05) is 93.2 Å². The molecule has 0 aliphatic carbocycles. The lowest BCUT2D eigenvalue weighted by atomic mass is 9.92. The van der Waals surface area contributed by atoms with Crippen molar-refractivity contribution in [3.05, 3.63) is 93.9 Å². The number of fused-ring (bicyclic) bond motifs is 1. The molecule has 0 spiro atoms. The first-order valence-electron chi connectivity index (χ1n) is 10.9. The molecule has 0 saturated carbocycles. The maximum atomic E-state index is 13.6. The van der Waals surface area contributed by atoms with Crippen molar-refractivity contribution in [2.24, 2.45) is 5.92 Å². The number of carbonyl (C=O) groups excluding carboxylic acids is 1. The summed E-state index contributed by atoms with van der Waals surface area (Å²) in [5.74, 6) is 0.432. The zero-order valence-electron chi connectivity index (χ0n) is 18.8. The highest BCUT2D eigenvalue weighted by Crippen LogP contribution is 2.29. The van der Waals surface area contributed by atoms with Crippen LogP contribution in [-0.4, -0.2) is 26.1 Å². The van der Waals surface area contributed by atoms with E-state index >= 15 is 0 Å². The van der Waals surface area contributed by atoms with Crippen molar-refractivity contribution in [3.63, 3.8) is 0 Å². The topological polar surface area (TPSA) is 55.2 Å². The second-order valence-electron chi connectivity index (χ2n) is 9.30. The van der Waals surface area contributed by atoms with E-state index in [2.05, 4.69) is 20.8 Å². The molecule has 3 aromatic rings. The van der Waals surface area contributed by atoms with Crippen LogP contribution in [-0.2, 0) is 29.8 Å². The second kappa shape index (κ2) is 9.33. The standard InChI is InChI=1S/C26H29N3O2S/c1-26(2,3)22-14-23(30)29-17-21(18-32-25(29)27-22)24(31)28(15-19-10-6-4-7-11-19)16-20-12-8-5-9-13-20/h4-14,21H,15-18H2,1-3H3. The summed E-state index contributed by atoms with van der Waals surface area (Å²) in [5, 5.41) is 0.712. The number of nitrogens with zero attached hydrogens (tertiary/aromatic N) is 3. The molecule has 0 N–H and O–H groups in total. The molecule has 0 saturated heterocycles. The van der Waals surface area contributed by atoms with Crippen molar-refractivity contribution in [1.29, 1.82) is 0 Å². The van der Waals surface area contributed by atoms with E-state index in [0.29, 0.717) is 30.5 Å². The van der Waals surface area contributed by atoms with Crippen LogP contribution in [0.2, 0.25) is 0 Å². The lowest BCUT2D eigenvalue weighted by Crippen LogP contribution is -2.42. The third kappa shape index (κ3) is 5.13. The Balaban J connectivity index is 1.58. The minimum Gasteiger partial charge on any atom is -0.334 e. The summed E-state index contributed by atoms with van der Waals surface area (Å²) in [7, 11) is 0. The van der Waals surface area contributed by atoms with Crippen molar-refractivity contribution < 1.29 is 4.79 Å². The highest BCUT2D eigenvalue weighted by atomic mass is 32.2. The van der Waals surface area contributed by atoms with Gasteiger partial charge >= 0.3 is 0 Å². The van der Waals surface area contributed by atoms with E-state index < -0.39 is 0 Å². The van der Waals surface area contributed by atoms with E-state index in [4.69, 9.17) is 4.98 Å². The minimum atomic E-state index is -0.264. The number of aromatic nitrogens is 2. The summed E-state index contributed by atoms with van der Waals surface area (Å²) in [6.07, 6.45) is 0. The van der Waals surface area contributed by atoms with Crippen LogP contribution >= 0.6 is 11.8 Å². The second-order valence-corrected chi connectivity index (χ2v) is 10.3. The van der Waals surface area contributed by atoms with E-state index in [1.165, 1.54) is 11.8 Å². The van der Waals surface area contributed by atoms with Crippen molar-refractivity contribution in [2.75, 3.05) is 5.75 Å². The fourth-order valence-electron chi connectivity index (χ4n) is 3.82. The SMILES string of the molecule is CC(C)(C)c1cc(=O)n2c(n1)SCC(C(=O)N(Cc1ccccc1)Cc1ccccc1)C2. The van der Waals surface area contributed by atoms with Crippen molar-refractivity contribution in [1.82, 2.24) is 14.5 Å². The maximum Gasteiger partial charge on any atom is 0.254 e. The Morgan fingerprint density at radius 2 is 1.59 bits per heavy atom. The molecule has 2 heterocycles. The maximum absolute atomic E-state index is 13.6. The van der Waals surface area contributed by atoms with Gasteiger partial charge in [0.1, 0.15) is 0 Å². The molecule has 1 aliphatic heterocycles. The fraction of sp³-hybridized carbons (Fsp3) is 0.346. The molecular weight excluding hydrogens is 418 g/mol. The molecule has 0 fully saturated rings. The van der Waals surface area contributed by atoms with Crippen LogP contribution < -0.4 is 5.56 Å². The van der Waals surface area contributed by atoms with Gasteiger partial charge in [-0.2, -0.15) is 0 Å². The Hall–Kier alpha value is -2.86. The van der Waals surface area contributed by atoms with Crippen LogP contribution in [0.15, 0.2) is 76.7 Å². The number of hydrogen-bond donors (Lipinski definition) is 0. The lowest BCUT2D eigenvalue weighted by Gasteiger charge is -2.31. The molecule has 6 heteroatoms. The number of hydrogen-bond acceptors (Lipinski definition) is 4. The Bertz CT molecular complexity index is 1100. The van der Waals surface area contributed by atoms with Gasteiger partial charge in [-0.3, -0.25) is 14.2 Å². The van der Waals surface area contributed by atoms with Gasteiger partial charge in [0.25, 0.3) is 5.56 Å². The summed E-state index contributed by atoms with van der Waals surface area (Å²) in [5.41, 5.74) is 2.71. The summed E-state index contributed by atoms with van der Waals surface area (Å²) in [4.78, 5) is 33.1. The molecule has 5 nitrogen and oxygen atoms in total. The Labute approximate surface area is 193 Å². The molecule has 1 aliphatic rings. The molecule has 2 aromatic carbocycles. The quantitative estimate of drug-likeness (QED) is 0.541. The molecule has 1 unspecified atom stereocenters. The summed E-state index contributed by atoms with van der Waals surface area (Å²) < 4.78 is 1.66. The van der Waals surface area contributed by atoms with Crippen LogP contribution in [0.5, 0.6) is 0 Å². The van der Waals surface area contributed by atoms with Crippen LogP contribution in [0.1, 0.15) is 37.6 Å². The smallest absolute Gasteiger partial charge is 0.254 e. The molecule has 1 amide bonds. The van der Waals surface area contributed by atoms with Crippen molar-refractivity contribution >= 4 is 17.7 Å². The Morgan fingerprint density at radius 1 is 1.03 bits per heavy atom. The van der Waals surface area contributed by atoms with E-state index in [-0.39, 0.29) is 22.8 Å². The molecule has 1 aromatic heterocycles. The van der Waals surface area contributed by atoms with Crippen LogP contribution in [0, 0.1) is 5.92 Å². The number of benzene rings is 2. The normalized spacial score (nSPS) is 15.8. The van der Waals surface area contributed by atoms with Gasteiger partial charge in [0, 0.05) is 36.9 Å². The number of thioether (sulfide) groups is 1. The van der Waals surface area contributed by atoms with Crippen molar-refractivity contribution in [3.8, 4) is 0 Å². The van der Waals surface area contributed by atoms with Gasteiger partial charge < -0.3 is 4.90 Å². The zero-order chi connectivity index (χ0) is 22.7. The Morgan fingerprint density at radius 3 is 2.12 bits per heavy atom. The van der Waals surface area contributed by atoms with Gasteiger partial charge in [0.05, 0.1) is 11.6 Å². The molecule has 0 radical (unpaired) electrons. The van der Waals surface area contributed by atoms with Crippen LogP contribution in [0.3, 0.4) is 0 Å². The molecule has 1 atom stereocenters.